The van der Waals surface area contributed by atoms with Crippen LogP contribution in [0.15, 0.2) is 36.4 Å². The van der Waals surface area contributed by atoms with E-state index in [9.17, 15) is 5.11 Å². The molecule has 0 aliphatic heterocycles. The lowest BCUT2D eigenvalue weighted by atomic mass is 9.65. The van der Waals surface area contributed by atoms with E-state index in [4.69, 9.17) is 0 Å². The van der Waals surface area contributed by atoms with Gasteiger partial charge in [-0.25, -0.2) is 0 Å². The summed E-state index contributed by atoms with van der Waals surface area (Å²) in [6.07, 6.45) is 6.06. The molecule has 18 heavy (non-hydrogen) atoms. The number of hydrogen-bond donors (Lipinski definition) is 1. The molecule has 0 heterocycles. The van der Waals surface area contributed by atoms with Crippen molar-refractivity contribution in [2.24, 2.45) is 11.3 Å². The van der Waals surface area contributed by atoms with Crippen LogP contribution >= 0.6 is 0 Å². The second kappa shape index (κ2) is 5.17. The van der Waals surface area contributed by atoms with Gasteiger partial charge in [-0.3, -0.25) is 0 Å². The zero-order valence-electron chi connectivity index (χ0n) is 11.6. The summed E-state index contributed by atoms with van der Waals surface area (Å²) in [5, 5.41) is 9.28. The molecule has 1 atom stereocenters. The summed E-state index contributed by atoms with van der Waals surface area (Å²) in [6, 6.07) is 7.59. The molecule has 2 rings (SSSR count). The van der Waals surface area contributed by atoms with E-state index in [0.717, 1.165) is 6.42 Å². The lowest BCUT2D eigenvalue weighted by Gasteiger charge is -2.40. The molecular formula is C17H24O. The molecule has 0 bridgehead atoms. The molecule has 1 aliphatic rings. The smallest absolute Gasteiger partial charge is 0.115 e. The molecule has 0 aromatic heterocycles. The summed E-state index contributed by atoms with van der Waals surface area (Å²) in [5.74, 6) is 0.987. The SMILES string of the molecule is C=C1CCCC(C)(C)C1CCc1ccc(O)cc1. The van der Waals surface area contributed by atoms with E-state index in [2.05, 4.69) is 20.4 Å². The number of hydrogen-bond acceptors (Lipinski definition) is 1. The first-order valence-corrected chi connectivity index (χ1v) is 6.94. The molecule has 0 saturated heterocycles. The number of benzene rings is 1. The Kier molecular flexibility index (Phi) is 3.79. The van der Waals surface area contributed by atoms with Crippen LogP contribution in [-0.2, 0) is 6.42 Å². The van der Waals surface area contributed by atoms with Gasteiger partial charge in [0.2, 0.25) is 0 Å². The van der Waals surface area contributed by atoms with Crippen LogP contribution in [-0.4, -0.2) is 5.11 Å². The van der Waals surface area contributed by atoms with Gasteiger partial charge in [-0.15, -0.1) is 0 Å². The summed E-state index contributed by atoms with van der Waals surface area (Å²) in [6.45, 7) is 9.03. The fourth-order valence-corrected chi connectivity index (χ4v) is 3.24. The van der Waals surface area contributed by atoms with E-state index >= 15 is 0 Å². The van der Waals surface area contributed by atoms with E-state index in [0.29, 0.717) is 17.1 Å². The minimum Gasteiger partial charge on any atom is -0.508 e. The van der Waals surface area contributed by atoms with E-state index in [1.807, 2.05) is 12.1 Å². The number of phenolic OH excluding ortho intramolecular Hbond substituents is 1. The normalized spacial score (nSPS) is 23.0. The van der Waals surface area contributed by atoms with Crippen molar-refractivity contribution in [1.29, 1.82) is 0 Å². The summed E-state index contributed by atoms with van der Waals surface area (Å²) >= 11 is 0. The van der Waals surface area contributed by atoms with E-state index in [1.54, 1.807) is 12.1 Å². The van der Waals surface area contributed by atoms with Crippen LogP contribution < -0.4 is 0 Å². The standard InChI is InChI=1S/C17H24O/c1-13-5-4-12-17(2,3)16(13)11-8-14-6-9-15(18)10-7-14/h6-7,9-10,16,18H,1,4-5,8,11-12H2,2-3H3. The van der Waals surface area contributed by atoms with Crippen molar-refractivity contribution in [3.63, 3.8) is 0 Å². The van der Waals surface area contributed by atoms with E-state index in [1.165, 1.54) is 36.8 Å². The molecule has 1 aliphatic carbocycles. The predicted octanol–water partition coefficient (Wildman–Crippen LogP) is 4.71. The third-order valence-electron chi connectivity index (χ3n) is 4.41. The van der Waals surface area contributed by atoms with Crippen LogP contribution in [0, 0.1) is 11.3 Å². The molecule has 0 spiro atoms. The van der Waals surface area contributed by atoms with Crippen LogP contribution in [0.3, 0.4) is 0 Å². The molecule has 0 amide bonds. The molecule has 1 N–H and O–H groups in total. The van der Waals surface area contributed by atoms with Crippen molar-refractivity contribution in [1.82, 2.24) is 0 Å². The second-order valence-corrected chi connectivity index (χ2v) is 6.26. The van der Waals surface area contributed by atoms with Gasteiger partial charge in [0.15, 0.2) is 0 Å². The van der Waals surface area contributed by atoms with Crippen LogP contribution in [0.2, 0.25) is 0 Å². The first kappa shape index (κ1) is 13.2. The van der Waals surface area contributed by atoms with Crippen molar-refractivity contribution in [2.75, 3.05) is 0 Å². The Morgan fingerprint density at radius 1 is 1.28 bits per heavy atom. The largest absolute Gasteiger partial charge is 0.508 e. The average Bonchev–Trinajstić information content (AvgIpc) is 2.30. The fourth-order valence-electron chi connectivity index (χ4n) is 3.24. The quantitative estimate of drug-likeness (QED) is 0.764. The summed E-state index contributed by atoms with van der Waals surface area (Å²) in [7, 11) is 0. The van der Waals surface area contributed by atoms with Crippen molar-refractivity contribution in [3.8, 4) is 5.75 Å². The van der Waals surface area contributed by atoms with Gasteiger partial charge >= 0.3 is 0 Å². The molecule has 0 radical (unpaired) electrons. The topological polar surface area (TPSA) is 20.2 Å². The lowest BCUT2D eigenvalue weighted by molar-refractivity contribution is 0.180. The number of rotatable bonds is 3. The zero-order valence-corrected chi connectivity index (χ0v) is 11.6. The Labute approximate surface area is 111 Å². The summed E-state index contributed by atoms with van der Waals surface area (Å²) in [5.41, 5.74) is 3.14. The minimum absolute atomic E-state index is 0.348. The molecule has 1 aromatic rings. The average molecular weight is 244 g/mol. The van der Waals surface area contributed by atoms with Crippen LogP contribution in [0.25, 0.3) is 0 Å². The number of aryl methyl sites for hydroxylation is 1. The Bertz CT molecular complexity index is 414. The number of allylic oxidation sites excluding steroid dienone is 1. The number of aromatic hydroxyl groups is 1. The highest BCUT2D eigenvalue weighted by molar-refractivity contribution is 5.26. The van der Waals surface area contributed by atoms with Gasteiger partial charge in [-0.05, 0) is 61.1 Å². The monoisotopic (exact) mass is 244 g/mol. The molecule has 1 saturated carbocycles. The van der Waals surface area contributed by atoms with Gasteiger partial charge in [0.1, 0.15) is 5.75 Å². The lowest BCUT2D eigenvalue weighted by Crippen LogP contribution is -2.29. The summed E-state index contributed by atoms with van der Waals surface area (Å²) < 4.78 is 0. The molecule has 1 fully saturated rings. The highest BCUT2D eigenvalue weighted by atomic mass is 16.3. The van der Waals surface area contributed by atoms with Gasteiger partial charge in [-0.1, -0.05) is 38.1 Å². The van der Waals surface area contributed by atoms with Gasteiger partial charge < -0.3 is 5.11 Å². The van der Waals surface area contributed by atoms with Crippen molar-refractivity contribution in [3.05, 3.63) is 42.0 Å². The maximum Gasteiger partial charge on any atom is 0.115 e. The van der Waals surface area contributed by atoms with Gasteiger partial charge in [0.05, 0.1) is 0 Å². The number of phenols is 1. The Hall–Kier alpha value is -1.24. The highest BCUT2D eigenvalue weighted by Crippen LogP contribution is 2.45. The molecule has 1 aromatic carbocycles. The zero-order chi connectivity index (χ0) is 13.2. The van der Waals surface area contributed by atoms with Crippen LogP contribution in [0.4, 0.5) is 0 Å². The highest BCUT2D eigenvalue weighted by Gasteiger charge is 2.33. The maximum atomic E-state index is 9.28. The fraction of sp³-hybridized carbons (Fsp3) is 0.529. The molecule has 98 valence electrons. The Balaban J connectivity index is 2.00. The van der Waals surface area contributed by atoms with Gasteiger partial charge in [0.25, 0.3) is 0 Å². The molecule has 1 unspecified atom stereocenters. The Morgan fingerprint density at radius 3 is 2.56 bits per heavy atom. The van der Waals surface area contributed by atoms with Gasteiger partial charge in [0, 0.05) is 0 Å². The second-order valence-electron chi connectivity index (χ2n) is 6.26. The molecule has 1 nitrogen and oxygen atoms in total. The van der Waals surface area contributed by atoms with Crippen molar-refractivity contribution < 1.29 is 5.11 Å². The molecular weight excluding hydrogens is 220 g/mol. The minimum atomic E-state index is 0.348. The first-order valence-electron chi connectivity index (χ1n) is 6.94. The van der Waals surface area contributed by atoms with Crippen LogP contribution in [0.5, 0.6) is 5.75 Å². The van der Waals surface area contributed by atoms with E-state index < -0.39 is 0 Å². The van der Waals surface area contributed by atoms with Crippen LogP contribution in [0.1, 0.15) is 45.1 Å². The third kappa shape index (κ3) is 2.95. The predicted molar refractivity (Wildman–Crippen MR) is 76.7 cm³/mol. The summed E-state index contributed by atoms with van der Waals surface area (Å²) in [4.78, 5) is 0. The molecule has 1 heteroatoms. The maximum absolute atomic E-state index is 9.28. The first-order chi connectivity index (χ1) is 8.49. The van der Waals surface area contributed by atoms with Gasteiger partial charge in [-0.2, -0.15) is 0 Å². The van der Waals surface area contributed by atoms with E-state index in [-0.39, 0.29) is 0 Å². The Morgan fingerprint density at radius 2 is 1.94 bits per heavy atom. The third-order valence-corrected chi connectivity index (χ3v) is 4.41. The van der Waals surface area contributed by atoms with Crippen molar-refractivity contribution >= 4 is 0 Å². The van der Waals surface area contributed by atoms with Crippen molar-refractivity contribution in [2.45, 2.75) is 46.0 Å².